The molecule has 5 aliphatic rings. The fourth-order valence-corrected chi connectivity index (χ4v) is 8.60. The molecule has 2 heterocycles. The summed E-state index contributed by atoms with van der Waals surface area (Å²) < 4.78 is 0. The second-order valence-electron chi connectivity index (χ2n) is 14.5. The minimum Gasteiger partial charge on any atom is -0.394 e. The lowest BCUT2D eigenvalue weighted by molar-refractivity contribution is -0.183. The number of hydrogen-bond acceptors (Lipinski definition) is 7. The van der Waals surface area contributed by atoms with Crippen LogP contribution in [-0.2, 0) is 16.2 Å². The van der Waals surface area contributed by atoms with Gasteiger partial charge in [0.05, 0.1) is 19.3 Å². The minimum absolute atomic E-state index is 0.0844. The first-order valence-corrected chi connectivity index (χ1v) is 16.8. The summed E-state index contributed by atoms with van der Waals surface area (Å²) >= 11 is 0. The van der Waals surface area contributed by atoms with Crippen LogP contribution in [0.4, 0.5) is 0 Å². The van der Waals surface area contributed by atoms with Gasteiger partial charge in [-0.1, -0.05) is 51.1 Å². The summed E-state index contributed by atoms with van der Waals surface area (Å²) in [6, 6.07) is 15.3. The van der Waals surface area contributed by atoms with E-state index < -0.39 is 24.2 Å². The molecule has 7 rings (SSSR count). The summed E-state index contributed by atoms with van der Waals surface area (Å²) in [5.74, 6) is 0.750. The maximum atomic E-state index is 14.0. The number of nitrogens with zero attached hydrogens (tertiary/aromatic N) is 1. The Balaban J connectivity index is 1.17. The molecule has 3 saturated carbocycles. The third-order valence-electron chi connectivity index (χ3n) is 11.5. The number of carbonyl (C=O) groups excluding carboxylic acids is 2. The first-order valence-electron chi connectivity index (χ1n) is 16.8. The van der Waals surface area contributed by atoms with Crippen LogP contribution in [0.5, 0.6) is 0 Å². The molecule has 5 fully saturated rings. The van der Waals surface area contributed by atoms with Crippen LogP contribution in [0.1, 0.15) is 69.3 Å². The SMILES string of the molecule is C[C@H](O)[C@@H]1[C@H](CO)ON(Cc2cccc(-c3cccc(C(=O)NC[C@@H]4CCCN4)c3)c2)[C@@H]1C(=O)N[C@H]1CC2CC([C@@H]1C)C2(C)C. The van der Waals surface area contributed by atoms with Gasteiger partial charge in [0.1, 0.15) is 12.1 Å². The number of nitrogens with one attached hydrogen (secondary N) is 3. The van der Waals surface area contributed by atoms with E-state index in [1.165, 1.54) is 6.42 Å². The van der Waals surface area contributed by atoms with Crippen LogP contribution in [0.15, 0.2) is 48.5 Å². The number of benzene rings is 2. The molecule has 2 unspecified atom stereocenters. The fourth-order valence-electron chi connectivity index (χ4n) is 8.60. The second-order valence-corrected chi connectivity index (χ2v) is 14.5. The summed E-state index contributed by atoms with van der Waals surface area (Å²) in [4.78, 5) is 33.1. The van der Waals surface area contributed by atoms with Crippen LogP contribution < -0.4 is 16.0 Å². The van der Waals surface area contributed by atoms with Crippen molar-refractivity contribution in [2.24, 2.45) is 29.1 Å². The number of aliphatic hydroxyl groups is 2. The highest BCUT2D eigenvalue weighted by atomic mass is 16.7. The monoisotopic (exact) mass is 618 g/mol. The van der Waals surface area contributed by atoms with Crippen LogP contribution in [0.25, 0.3) is 11.1 Å². The summed E-state index contributed by atoms with van der Waals surface area (Å²) in [5.41, 5.74) is 3.71. The molecule has 2 saturated heterocycles. The van der Waals surface area contributed by atoms with E-state index in [2.05, 4.69) is 36.7 Å². The summed E-state index contributed by atoms with van der Waals surface area (Å²) in [6.07, 6.45) is 2.87. The molecule has 2 aromatic rings. The van der Waals surface area contributed by atoms with Crippen LogP contribution in [0.2, 0.25) is 0 Å². The van der Waals surface area contributed by atoms with Crippen LogP contribution in [-0.4, -0.2) is 77.1 Å². The lowest BCUT2D eigenvalue weighted by atomic mass is 9.45. The van der Waals surface area contributed by atoms with Crippen LogP contribution >= 0.6 is 0 Å². The van der Waals surface area contributed by atoms with Gasteiger partial charge in [0, 0.05) is 30.1 Å². The van der Waals surface area contributed by atoms with Gasteiger partial charge in [0.2, 0.25) is 5.91 Å². The molecule has 0 radical (unpaired) electrons. The second kappa shape index (κ2) is 13.1. The number of aliphatic hydroxyl groups excluding tert-OH is 2. The average Bonchev–Trinajstić information content (AvgIpc) is 3.69. The molecule has 9 atom stereocenters. The van der Waals surface area contributed by atoms with Gasteiger partial charge in [-0.3, -0.25) is 14.4 Å². The van der Waals surface area contributed by atoms with Crippen LogP contribution in [0.3, 0.4) is 0 Å². The standard InChI is InChI=1S/C36H50N4O5/c1-21-29-16-27(36(29,3)4)17-30(21)39-35(44)33-32(22(2)42)31(20-41)45-40(33)19-23-8-5-9-24(14-23)25-10-6-11-26(15-25)34(43)38-18-28-12-7-13-37-28/h5-6,8-11,14-15,21-22,27-33,37,41-42H,7,12-13,16-20H2,1-4H3,(H,38,43)(H,39,44)/t21-,22-,27?,28-,29?,30-,31-,32+,33-/m0/s1. The Morgan fingerprint density at radius 3 is 2.56 bits per heavy atom. The van der Waals surface area contributed by atoms with Gasteiger partial charge in [-0.2, -0.15) is 5.06 Å². The molecular formula is C36H50N4O5. The van der Waals surface area contributed by atoms with Gasteiger partial charge < -0.3 is 26.2 Å². The molecule has 3 aliphatic carbocycles. The first-order chi connectivity index (χ1) is 21.6. The van der Waals surface area contributed by atoms with Crippen molar-refractivity contribution >= 4 is 11.8 Å². The Kier molecular flexibility index (Phi) is 9.37. The van der Waals surface area contributed by atoms with Crippen molar-refractivity contribution in [2.45, 2.75) is 90.3 Å². The first kappa shape index (κ1) is 32.1. The molecular weight excluding hydrogens is 568 g/mol. The largest absolute Gasteiger partial charge is 0.394 e. The van der Waals surface area contributed by atoms with Crippen molar-refractivity contribution in [1.29, 1.82) is 0 Å². The van der Waals surface area contributed by atoms with Gasteiger partial charge in [0.15, 0.2) is 0 Å². The molecule has 2 amide bonds. The summed E-state index contributed by atoms with van der Waals surface area (Å²) in [6.45, 7) is 10.2. The zero-order valence-electron chi connectivity index (χ0n) is 27.0. The third-order valence-corrected chi connectivity index (χ3v) is 11.5. The Bertz CT molecular complexity index is 1370. The number of amides is 2. The lowest BCUT2D eigenvalue weighted by Gasteiger charge is -2.62. The van der Waals surface area contributed by atoms with Crippen molar-refractivity contribution in [3.8, 4) is 11.1 Å². The van der Waals surface area contributed by atoms with Gasteiger partial charge in [-0.05, 0) is 97.2 Å². The Labute approximate surface area is 267 Å². The summed E-state index contributed by atoms with van der Waals surface area (Å²) in [5, 5.41) is 32.4. The van der Waals surface area contributed by atoms with E-state index in [0.29, 0.717) is 47.9 Å². The maximum absolute atomic E-state index is 14.0. The summed E-state index contributed by atoms with van der Waals surface area (Å²) in [7, 11) is 0. The smallest absolute Gasteiger partial charge is 0.251 e. The Hall–Kier alpha value is -2.82. The minimum atomic E-state index is -0.844. The van der Waals surface area contributed by atoms with Crippen LogP contribution in [0, 0.1) is 29.1 Å². The van der Waals surface area contributed by atoms with E-state index in [1.807, 2.05) is 48.5 Å². The third kappa shape index (κ3) is 6.43. The number of hydrogen-bond donors (Lipinski definition) is 5. The lowest BCUT2D eigenvalue weighted by Crippen LogP contribution is -2.62. The van der Waals surface area contributed by atoms with E-state index in [-0.39, 0.29) is 24.5 Å². The average molecular weight is 619 g/mol. The zero-order chi connectivity index (χ0) is 31.9. The van der Waals surface area contributed by atoms with Crippen molar-refractivity contribution < 1.29 is 24.6 Å². The highest BCUT2D eigenvalue weighted by Gasteiger charge is 2.57. The molecule has 9 heteroatoms. The molecule has 2 aliphatic heterocycles. The maximum Gasteiger partial charge on any atom is 0.251 e. The van der Waals surface area contributed by atoms with Crippen molar-refractivity contribution in [1.82, 2.24) is 21.0 Å². The van der Waals surface area contributed by atoms with Gasteiger partial charge in [0.25, 0.3) is 5.91 Å². The van der Waals surface area contributed by atoms with E-state index in [0.717, 1.165) is 42.5 Å². The molecule has 0 spiro atoms. The molecule has 45 heavy (non-hydrogen) atoms. The van der Waals surface area contributed by atoms with Gasteiger partial charge in [-0.15, -0.1) is 0 Å². The highest BCUT2D eigenvalue weighted by Crippen LogP contribution is 2.61. The van der Waals surface area contributed by atoms with Gasteiger partial charge in [-0.25, -0.2) is 0 Å². The molecule has 5 N–H and O–H groups in total. The van der Waals surface area contributed by atoms with E-state index in [9.17, 15) is 19.8 Å². The molecule has 2 bridgehead atoms. The zero-order valence-corrected chi connectivity index (χ0v) is 27.0. The number of hydroxylamine groups is 2. The Morgan fingerprint density at radius 1 is 1.13 bits per heavy atom. The highest BCUT2D eigenvalue weighted by molar-refractivity contribution is 5.95. The normalized spacial score (nSPS) is 32.9. The quantitative estimate of drug-likeness (QED) is 0.276. The molecule has 0 aromatic heterocycles. The predicted octanol–water partition coefficient (Wildman–Crippen LogP) is 3.50. The number of fused-ring (bicyclic) bond motifs is 2. The fraction of sp³-hybridized carbons (Fsp3) is 0.611. The predicted molar refractivity (Wildman–Crippen MR) is 173 cm³/mol. The van der Waals surface area contributed by atoms with Gasteiger partial charge >= 0.3 is 0 Å². The number of rotatable bonds is 10. The molecule has 2 aromatic carbocycles. The van der Waals surface area contributed by atoms with E-state index in [1.54, 1.807) is 12.0 Å². The molecule has 244 valence electrons. The molecule has 9 nitrogen and oxygen atoms in total. The number of carbonyl (C=O) groups is 2. The Morgan fingerprint density at radius 2 is 1.89 bits per heavy atom. The van der Waals surface area contributed by atoms with E-state index in [4.69, 9.17) is 4.84 Å². The van der Waals surface area contributed by atoms with Crippen molar-refractivity contribution in [3.05, 3.63) is 59.7 Å². The van der Waals surface area contributed by atoms with Crippen molar-refractivity contribution in [3.63, 3.8) is 0 Å². The van der Waals surface area contributed by atoms with Crippen molar-refractivity contribution in [2.75, 3.05) is 19.7 Å². The topological polar surface area (TPSA) is 123 Å². The van der Waals surface area contributed by atoms with E-state index >= 15 is 0 Å².